The van der Waals surface area contributed by atoms with Crippen molar-refractivity contribution < 1.29 is 9.21 Å². The Bertz CT molecular complexity index is 588. The second-order valence-electron chi connectivity index (χ2n) is 4.42. The van der Waals surface area contributed by atoms with Crippen LogP contribution in [0.3, 0.4) is 0 Å². The third kappa shape index (κ3) is 2.96. The van der Waals surface area contributed by atoms with Gasteiger partial charge in [-0.05, 0) is 43.7 Å². The van der Waals surface area contributed by atoms with Crippen molar-refractivity contribution in [3.63, 3.8) is 0 Å². The van der Waals surface area contributed by atoms with Gasteiger partial charge in [-0.25, -0.2) is 0 Å². The molecule has 1 aromatic heterocycles. The smallest absolute Gasteiger partial charge is 0.251 e. The fourth-order valence-corrected chi connectivity index (χ4v) is 1.97. The highest BCUT2D eigenvalue weighted by atomic mass is 16.3. The molecule has 2 N–H and O–H groups in total. The molecule has 0 unspecified atom stereocenters. The van der Waals surface area contributed by atoms with Crippen LogP contribution in [0.5, 0.6) is 0 Å². The lowest BCUT2D eigenvalue weighted by Gasteiger charge is -2.11. The number of carbonyl (C=O) groups is 1. The Balaban J connectivity index is 2.14. The summed E-state index contributed by atoms with van der Waals surface area (Å²) in [6, 6.07) is 9.52. The minimum Gasteiger partial charge on any atom is -0.465 e. The molecule has 0 radical (unpaired) electrons. The topological polar surface area (TPSA) is 54.3 Å². The number of hydrogen-bond donors (Lipinski definition) is 2. The Morgan fingerprint density at radius 3 is 2.63 bits per heavy atom. The largest absolute Gasteiger partial charge is 0.465 e. The maximum absolute atomic E-state index is 11.7. The molecule has 2 aromatic rings. The molecule has 0 saturated carbocycles. The van der Waals surface area contributed by atoms with Gasteiger partial charge < -0.3 is 15.1 Å². The summed E-state index contributed by atoms with van der Waals surface area (Å²) in [6.45, 7) is 4.45. The summed E-state index contributed by atoms with van der Waals surface area (Å²) in [7, 11) is 1.63. The van der Waals surface area contributed by atoms with E-state index in [0.29, 0.717) is 12.1 Å². The third-order valence-electron chi connectivity index (χ3n) is 3.05. The van der Waals surface area contributed by atoms with E-state index in [4.69, 9.17) is 4.42 Å². The molecule has 2 rings (SSSR count). The molecule has 0 saturated heterocycles. The number of amides is 1. The van der Waals surface area contributed by atoms with Crippen LogP contribution in [0, 0.1) is 13.8 Å². The molecule has 4 heteroatoms. The van der Waals surface area contributed by atoms with Crippen LogP contribution < -0.4 is 10.6 Å². The van der Waals surface area contributed by atoms with Gasteiger partial charge in [-0.2, -0.15) is 0 Å². The molecule has 0 bridgehead atoms. The molecule has 0 aliphatic carbocycles. The molecule has 4 nitrogen and oxygen atoms in total. The van der Waals surface area contributed by atoms with Gasteiger partial charge in [0.2, 0.25) is 0 Å². The molecular weight excluding hydrogens is 240 g/mol. The third-order valence-corrected chi connectivity index (χ3v) is 3.05. The zero-order chi connectivity index (χ0) is 13.8. The second-order valence-corrected chi connectivity index (χ2v) is 4.42. The van der Waals surface area contributed by atoms with Gasteiger partial charge >= 0.3 is 0 Å². The van der Waals surface area contributed by atoms with Crippen LogP contribution in [-0.4, -0.2) is 13.0 Å². The molecule has 19 heavy (non-hydrogen) atoms. The van der Waals surface area contributed by atoms with E-state index >= 15 is 0 Å². The summed E-state index contributed by atoms with van der Waals surface area (Å²) in [4.78, 5) is 11.7. The van der Waals surface area contributed by atoms with Gasteiger partial charge in [0.05, 0.1) is 6.54 Å². The Morgan fingerprint density at radius 2 is 2.00 bits per heavy atom. The van der Waals surface area contributed by atoms with E-state index in [9.17, 15) is 4.79 Å². The lowest BCUT2D eigenvalue weighted by atomic mass is 10.1. The van der Waals surface area contributed by atoms with Gasteiger partial charge in [-0.3, -0.25) is 4.79 Å². The van der Waals surface area contributed by atoms with E-state index in [1.54, 1.807) is 7.05 Å². The number of benzene rings is 1. The maximum Gasteiger partial charge on any atom is 0.251 e. The summed E-state index contributed by atoms with van der Waals surface area (Å²) >= 11 is 0. The van der Waals surface area contributed by atoms with Crippen molar-refractivity contribution in [1.82, 2.24) is 5.32 Å². The molecule has 0 atom stereocenters. The first kappa shape index (κ1) is 13.2. The molecule has 0 fully saturated rings. The van der Waals surface area contributed by atoms with Crippen molar-refractivity contribution in [3.05, 3.63) is 53.0 Å². The zero-order valence-electron chi connectivity index (χ0n) is 11.4. The van der Waals surface area contributed by atoms with Crippen LogP contribution in [0.15, 0.2) is 34.7 Å². The number of carbonyl (C=O) groups excluding carboxylic acids is 1. The van der Waals surface area contributed by atoms with E-state index in [-0.39, 0.29) is 5.91 Å². The van der Waals surface area contributed by atoms with Crippen molar-refractivity contribution in [2.75, 3.05) is 12.4 Å². The second kappa shape index (κ2) is 5.61. The summed E-state index contributed by atoms with van der Waals surface area (Å²) in [5.41, 5.74) is 2.56. The highest BCUT2D eigenvalue weighted by Gasteiger charge is 2.10. The van der Waals surface area contributed by atoms with Gasteiger partial charge in [0.25, 0.3) is 5.91 Å². The molecule has 1 aromatic carbocycles. The van der Waals surface area contributed by atoms with E-state index in [2.05, 4.69) is 10.6 Å². The SMILES string of the molecule is CNC(=O)c1cccc(NCc2ccc(C)o2)c1C. The van der Waals surface area contributed by atoms with Crippen LogP contribution >= 0.6 is 0 Å². The molecule has 0 aliphatic rings. The Labute approximate surface area is 112 Å². The number of aryl methyl sites for hydroxylation is 1. The van der Waals surface area contributed by atoms with Gasteiger partial charge in [0, 0.05) is 18.3 Å². The van der Waals surface area contributed by atoms with Crippen molar-refractivity contribution in [3.8, 4) is 0 Å². The number of nitrogens with one attached hydrogen (secondary N) is 2. The molecule has 0 spiro atoms. The number of rotatable bonds is 4. The van der Waals surface area contributed by atoms with Crippen molar-refractivity contribution in [2.45, 2.75) is 20.4 Å². The first-order valence-corrected chi connectivity index (χ1v) is 6.22. The van der Waals surface area contributed by atoms with E-state index in [0.717, 1.165) is 22.8 Å². The van der Waals surface area contributed by atoms with Crippen LogP contribution in [0.4, 0.5) is 5.69 Å². The maximum atomic E-state index is 11.7. The zero-order valence-corrected chi connectivity index (χ0v) is 11.4. The van der Waals surface area contributed by atoms with Crippen molar-refractivity contribution in [1.29, 1.82) is 0 Å². The van der Waals surface area contributed by atoms with Gasteiger partial charge in [0.15, 0.2) is 0 Å². The summed E-state index contributed by atoms with van der Waals surface area (Å²) < 4.78 is 5.50. The predicted octanol–water partition coefficient (Wildman–Crippen LogP) is 2.87. The van der Waals surface area contributed by atoms with E-state index in [1.165, 1.54) is 0 Å². The Hall–Kier alpha value is -2.23. The standard InChI is InChI=1S/C15H18N2O2/c1-10-7-8-12(19-10)9-17-14-6-4-5-13(11(14)2)15(18)16-3/h4-8,17H,9H2,1-3H3,(H,16,18). The quantitative estimate of drug-likeness (QED) is 0.886. The van der Waals surface area contributed by atoms with E-state index in [1.807, 2.05) is 44.2 Å². The summed E-state index contributed by atoms with van der Waals surface area (Å²) in [5.74, 6) is 1.70. The molecule has 0 aliphatic heterocycles. The average Bonchev–Trinajstić information content (AvgIpc) is 2.82. The van der Waals surface area contributed by atoms with E-state index < -0.39 is 0 Å². The average molecular weight is 258 g/mol. The number of furan rings is 1. The fourth-order valence-electron chi connectivity index (χ4n) is 1.97. The Kier molecular flexibility index (Phi) is 3.90. The van der Waals surface area contributed by atoms with Crippen LogP contribution in [0.1, 0.15) is 27.4 Å². The van der Waals surface area contributed by atoms with Crippen LogP contribution in [0.25, 0.3) is 0 Å². The normalized spacial score (nSPS) is 10.3. The highest BCUT2D eigenvalue weighted by molar-refractivity contribution is 5.96. The number of anilines is 1. The Morgan fingerprint density at radius 1 is 1.21 bits per heavy atom. The van der Waals surface area contributed by atoms with Gasteiger partial charge in [-0.15, -0.1) is 0 Å². The first-order valence-electron chi connectivity index (χ1n) is 6.22. The number of hydrogen-bond acceptors (Lipinski definition) is 3. The molecule has 100 valence electrons. The molecule has 1 amide bonds. The van der Waals surface area contributed by atoms with Crippen molar-refractivity contribution >= 4 is 11.6 Å². The lowest BCUT2D eigenvalue weighted by Crippen LogP contribution is -2.19. The van der Waals surface area contributed by atoms with Crippen LogP contribution in [0.2, 0.25) is 0 Å². The monoisotopic (exact) mass is 258 g/mol. The van der Waals surface area contributed by atoms with Crippen molar-refractivity contribution in [2.24, 2.45) is 0 Å². The minimum atomic E-state index is -0.0741. The highest BCUT2D eigenvalue weighted by Crippen LogP contribution is 2.20. The fraction of sp³-hybridized carbons (Fsp3) is 0.267. The predicted molar refractivity (Wildman–Crippen MR) is 75.3 cm³/mol. The summed E-state index contributed by atoms with van der Waals surface area (Å²) in [6.07, 6.45) is 0. The van der Waals surface area contributed by atoms with Crippen LogP contribution in [-0.2, 0) is 6.54 Å². The first-order chi connectivity index (χ1) is 9.11. The van der Waals surface area contributed by atoms with Gasteiger partial charge in [-0.1, -0.05) is 6.07 Å². The molecular formula is C15H18N2O2. The minimum absolute atomic E-state index is 0.0741. The summed E-state index contributed by atoms with van der Waals surface area (Å²) in [5, 5.41) is 5.93. The lowest BCUT2D eigenvalue weighted by molar-refractivity contribution is 0.0962. The van der Waals surface area contributed by atoms with Gasteiger partial charge in [0.1, 0.15) is 11.5 Å². The molecule has 1 heterocycles.